The summed E-state index contributed by atoms with van der Waals surface area (Å²) in [6.07, 6.45) is 0.730. The zero-order valence-corrected chi connectivity index (χ0v) is 10.0. The molecule has 0 aliphatic heterocycles. The van der Waals surface area contributed by atoms with Crippen LogP contribution in [0, 0.1) is 6.92 Å². The van der Waals surface area contributed by atoms with Gasteiger partial charge in [0.05, 0.1) is 14.2 Å². The fraction of sp³-hybridized carbons (Fsp3) is 0.500. The maximum absolute atomic E-state index is 8.71. The predicted octanol–water partition coefficient (Wildman–Crippen LogP) is 1.81. The summed E-state index contributed by atoms with van der Waals surface area (Å²) >= 11 is 0. The normalized spacial score (nSPS) is 10.0. The maximum Gasteiger partial charge on any atom is 0.162 e. The quantitative estimate of drug-likeness (QED) is 0.725. The SMILES string of the molecule is COc1cc(C)c(NCCCO)cc1OC. The molecule has 0 aliphatic carbocycles. The molecule has 16 heavy (non-hydrogen) atoms. The van der Waals surface area contributed by atoms with E-state index < -0.39 is 0 Å². The number of nitrogens with one attached hydrogen (secondary N) is 1. The second kappa shape index (κ2) is 6.23. The summed E-state index contributed by atoms with van der Waals surface area (Å²) in [5, 5.41) is 12.0. The minimum absolute atomic E-state index is 0.194. The summed E-state index contributed by atoms with van der Waals surface area (Å²) in [6, 6.07) is 3.84. The summed E-state index contributed by atoms with van der Waals surface area (Å²) < 4.78 is 10.4. The fourth-order valence-electron chi connectivity index (χ4n) is 1.47. The van der Waals surface area contributed by atoms with Crippen LogP contribution in [0.2, 0.25) is 0 Å². The van der Waals surface area contributed by atoms with Crippen LogP contribution < -0.4 is 14.8 Å². The van der Waals surface area contributed by atoms with Crippen LogP contribution in [0.25, 0.3) is 0 Å². The van der Waals surface area contributed by atoms with E-state index >= 15 is 0 Å². The average molecular weight is 225 g/mol. The molecule has 90 valence electrons. The first-order valence-corrected chi connectivity index (χ1v) is 5.30. The van der Waals surface area contributed by atoms with Gasteiger partial charge in [0.15, 0.2) is 11.5 Å². The Morgan fingerprint density at radius 1 is 1.19 bits per heavy atom. The molecule has 0 unspecified atom stereocenters. The van der Waals surface area contributed by atoms with Gasteiger partial charge in [-0.15, -0.1) is 0 Å². The Labute approximate surface area is 96.2 Å². The van der Waals surface area contributed by atoms with Crippen LogP contribution in [0.3, 0.4) is 0 Å². The van der Waals surface area contributed by atoms with E-state index in [9.17, 15) is 0 Å². The highest BCUT2D eigenvalue weighted by atomic mass is 16.5. The van der Waals surface area contributed by atoms with Gasteiger partial charge in [-0.1, -0.05) is 0 Å². The predicted molar refractivity (Wildman–Crippen MR) is 64.5 cm³/mol. The van der Waals surface area contributed by atoms with Crippen molar-refractivity contribution in [3.63, 3.8) is 0 Å². The maximum atomic E-state index is 8.71. The van der Waals surface area contributed by atoms with Crippen molar-refractivity contribution in [3.05, 3.63) is 17.7 Å². The molecule has 4 heteroatoms. The number of benzene rings is 1. The molecule has 0 aliphatic rings. The number of anilines is 1. The number of aliphatic hydroxyl groups excluding tert-OH is 1. The van der Waals surface area contributed by atoms with Gasteiger partial charge in [0.1, 0.15) is 0 Å². The minimum Gasteiger partial charge on any atom is -0.493 e. The first-order chi connectivity index (χ1) is 7.72. The average Bonchev–Trinajstić information content (AvgIpc) is 2.31. The van der Waals surface area contributed by atoms with Gasteiger partial charge in [-0.05, 0) is 25.0 Å². The number of methoxy groups -OCH3 is 2. The van der Waals surface area contributed by atoms with Gasteiger partial charge < -0.3 is 19.9 Å². The third kappa shape index (κ3) is 3.03. The molecule has 0 heterocycles. The molecule has 0 spiro atoms. The number of rotatable bonds is 6. The largest absolute Gasteiger partial charge is 0.493 e. The molecule has 0 fully saturated rings. The van der Waals surface area contributed by atoms with Crippen LogP contribution in [-0.2, 0) is 0 Å². The standard InChI is InChI=1S/C12H19NO3/c1-9-7-11(15-2)12(16-3)8-10(9)13-5-4-6-14/h7-8,13-14H,4-6H2,1-3H3. The number of aliphatic hydroxyl groups is 1. The van der Waals surface area contributed by atoms with Crippen molar-refractivity contribution in [3.8, 4) is 11.5 Å². The van der Waals surface area contributed by atoms with E-state index in [0.29, 0.717) is 5.75 Å². The van der Waals surface area contributed by atoms with Gasteiger partial charge in [-0.2, -0.15) is 0 Å². The lowest BCUT2D eigenvalue weighted by molar-refractivity contribution is 0.292. The van der Waals surface area contributed by atoms with Crippen LogP contribution in [0.1, 0.15) is 12.0 Å². The minimum atomic E-state index is 0.194. The van der Waals surface area contributed by atoms with Crippen molar-refractivity contribution < 1.29 is 14.6 Å². The second-order valence-corrected chi connectivity index (χ2v) is 3.53. The van der Waals surface area contributed by atoms with E-state index in [-0.39, 0.29) is 6.61 Å². The van der Waals surface area contributed by atoms with Crippen LogP contribution >= 0.6 is 0 Å². The number of hydrogen-bond acceptors (Lipinski definition) is 4. The molecule has 0 bridgehead atoms. The number of hydrogen-bond donors (Lipinski definition) is 2. The van der Waals surface area contributed by atoms with Crippen molar-refractivity contribution in [2.24, 2.45) is 0 Å². The third-order valence-electron chi connectivity index (χ3n) is 2.38. The summed E-state index contributed by atoms with van der Waals surface area (Å²) in [7, 11) is 3.24. The van der Waals surface area contributed by atoms with Gasteiger partial charge in [-0.25, -0.2) is 0 Å². The Hall–Kier alpha value is -1.42. The van der Waals surface area contributed by atoms with Crippen molar-refractivity contribution >= 4 is 5.69 Å². The highest BCUT2D eigenvalue weighted by Gasteiger charge is 2.07. The van der Waals surface area contributed by atoms with Crippen LogP contribution in [-0.4, -0.2) is 32.5 Å². The molecular formula is C12H19NO3. The zero-order valence-electron chi connectivity index (χ0n) is 10.0. The monoisotopic (exact) mass is 225 g/mol. The Kier molecular flexibility index (Phi) is 4.92. The van der Waals surface area contributed by atoms with Crippen molar-refractivity contribution in [1.82, 2.24) is 0 Å². The highest BCUT2D eigenvalue weighted by Crippen LogP contribution is 2.32. The first-order valence-electron chi connectivity index (χ1n) is 5.30. The molecule has 0 amide bonds. The Morgan fingerprint density at radius 2 is 1.81 bits per heavy atom. The van der Waals surface area contributed by atoms with E-state index in [1.807, 2.05) is 19.1 Å². The number of ether oxygens (including phenoxy) is 2. The molecule has 0 saturated heterocycles. The Morgan fingerprint density at radius 3 is 2.38 bits per heavy atom. The lowest BCUT2D eigenvalue weighted by Crippen LogP contribution is -2.05. The molecule has 1 aromatic carbocycles. The van der Waals surface area contributed by atoms with E-state index in [4.69, 9.17) is 14.6 Å². The lowest BCUT2D eigenvalue weighted by atomic mass is 10.1. The second-order valence-electron chi connectivity index (χ2n) is 3.53. The van der Waals surface area contributed by atoms with Crippen LogP contribution in [0.5, 0.6) is 11.5 Å². The summed E-state index contributed by atoms with van der Waals surface area (Å²) in [5.41, 5.74) is 2.10. The van der Waals surface area contributed by atoms with E-state index in [0.717, 1.165) is 30.0 Å². The van der Waals surface area contributed by atoms with Gasteiger partial charge in [-0.3, -0.25) is 0 Å². The molecule has 0 aromatic heterocycles. The summed E-state index contributed by atoms with van der Waals surface area (Å²) in [6.45, 7) is 2.94. The van der Waals surface area contributed by atoms with Gasteiger partial charge in [0.25, 0.3) is 0 Å². The molecule has 4 nitrogen and oxygen atoms in total. The van der Waals surface area contributed by atoms with Crippen LogP contribution in [0.4, 0.5) is 5.69 Å². The van der Waals surface area contributed by atoms with Gasteiger partial charge >= 0.3 is 0 Å². The lowest BCUT2D eigenvalue weighted by Gasteiger charge is -2.14. The molecular weight excluding hydrogens is 206 g/mol. The fourth-order valence-corrected chi connectivity index (χ4v) is 1.47. The van der Waals surface area contributed by atoms with Crippen molar-refractivity contribution in [2.75, 3.05) is 32.7 Å². The van der Waals surface area contributed by atoms with E-state index in [1.54, 1.807) is 14.2 Å². The molecule has 1 aromatic rings. The van der Waals surface area contributed by atoms with Crippen molar-refractivity contribution in [1.29, 1.82) is 0 Å². The van der Waals surface area contributed by atoms with Crippen molar-refractivity contribution in [2.45, 2.75) is 13.3 Å². The van der Waals surface area contributed by atoms with E-state index in [2.05, 4.69) is 5.32 Å². The highest BCUT2D eigenvalue weighted by molar-refractivity contribution is 5.60. The molecule has 0 radical (unpaired) electrons. The number of aryl methyl sites for hydroxylation is 1. The summed E-state index contributed by atoms with van der Waals surface area (Å²) in [5.74, 6) is 1.44. The Bertz CT molecular complexity index is 339. The van der Waals surface area contributed by atoms with Crippen LogP contribution in [0.15, 0.2) is 12.1 Å². The third-order valence-corrected chi connectivity index (χ3v) is 2.38. The summed E-state index contributed by atoms with van der Waals surface area (Å²) in [4.78, 5) is 0. The first kappa shape index (κ1) is 12.6. The van der Waals surface area contributed by atoms with Gasteiger partial charge in [0, 0.05) is 24.9 Å². The molecule has 0 saturated carbocycles. The Balaban J connectivity index is 2.84. The topological polar surface area (TPSA) is 50.7 Å². The molecule has 2 N–H and O–H groups in total. The zero-order chi connectivity index (χ0) is 12.0. The molecule has 1 rings (SSSR count). The smallest absolute Gasteiger partial charge is 0.162 e. The van der Waals surface area contributed by atoms with E-state index in [1.165, 1.54) is 0 Å². The molecule has 0 atom stereocenters. The van der Waals surface area contributed by atoms with Gasteiger partial charge in [0.2, 0.25) is 0 Å².